The van der Waals surface area contributed by atoms with Gasteiger partial charge in [-0.05, 0) is 37.5 Å². The Morgan fingerprint density at radius 3 is 2.68 bits per heavy atom. The number of carbonyl (C=O) groups excluding carboxylic acids is 1. The Kier molecular flexibility index (Phi) is 4.63. The first-order valence-corrected chi connectivity index (χ1v) is 7.69. The second kappa shape index (κ2) is 6.06. The van der Waals surface area contributed by atoms with Gasteiger partial charge in [-0.25, -0.2) is 0 Å². The van der Waals surface area contributed by atoms with Gasteiger partial charge in [0.1, 0.15) is 0 Å². The molecule has 1 unspecified atom stereocenters. The Labute approximate surface area is 123 Å². The van der Waals surface area contributed by atoms with Crippen LogP contribution in [0.25, 0.3) is 0 Å². The lowest BCUT2D eigenvalue weighted by Gasteiger charge is -2.39. The van der Waals surface area contributed by atoms with Crippen LogP contribution < -0.4 is 0 Å². The molecule has 3 nitrogen and oxygen atoms in total. The highest BCUT2D eigenvalue weighted by Gasteiger charge is 2.33. The number of alkyl halides is 1. The zero-order chi connectivity index (χ0) is 13.9. The first kappa shape index (κ1) is 14.5. The minimum absolute atomic E-state index is 0.101. The van der Waals surface area contributed by atoms with E-state index >= 15 is 0 Å². The predicted molar refractivity (Wildman–Crippen MR) is 79.6 cm³/mol. The first-order valence-electron chi connectivity index (χ1n) is 6.57. The van der Waals surface area contributed by atoms with Crippen molar-refractivity contribution in [2.45, 2.75) is 30.7 Å². The average Bonchev–Trinajstić information content (AvgIpc) is 2.46. The average molecular weight is 326 g/mol. The number of benzene rings is 1. The molecule has 1 aliphatic rings. The lowest BCUT2D eigenvalue weighted by atomic mass is 9.94. The van der Waals surface area contributed by atoms with Crippen LogP contribution in [0.2, 0.25) is 0 Å². The van der Waals surface area contributed by atoms with E-state index in [1.54, 1.807) is 7.11 Å². The van der Waals surface area contributed by atoms with Crippen LogP contribution in [0, 0.1) is 0 Å². The summed E-state index contributed by atoms with van der Waals surface area (Å²) in [7, 11) is 1.72. The second-order valence-electron chi connectivity index (χ2n) is 5.31. The fourth-order valence-electron chi connectivity index (χ4n) is 2.46. The van der Waals surface area contributed by atoms with E-state index in [0.29, 0.717) is 6.54 Å². The fraction of sp³-hybridized carbons (Fsp3) is 0.533. The van der Waals surface area contributed by atoms with Gasteiger partial charge in [0.05, 0.1) is 5.60 Å². The number of hydrogen-bond donors (Lipinski definition) is 0. The molecular formula is C15H20BrNO2. The van der Waals surface area contributed by atoms with Crippen LogP contribution in [0.4, 0.5) is 0 Å². The Hall–Kier alpha value is -0.870. The van der Waals surface area contributed by atoms with Gasteiger partial charge in [0.2, 0.25) is 0 Å². The van der Waals surface area contributed by atoms with E-state index in [2.05, 4.69) is 22.9 Å². The van der Waals surface area contributed by atoms with E-state index in [-0.39, 0.29) is 11.5 Å². The van der Waals surface area contributed by atoms with Crippen LogP contribution >= 0.6 is 15.9 Å². The van der Waals surface area contributed by atoms with Crippen molar-refractivity contribution in [3.63, 3.8) is 0 Å². The minimum Gasteiger partial charge on any atom is -0.377 e. The van der Waals surface area contributed by atoms with Crippen molar-refractivity contribution in [1.82, 2.24) is 4.90 Å². The number of hydrogen-bond acceptors (Lipinski definition) is 2. The van der Waals surface area contributed by atoms with E-state index in [1.165, 1.54) is 5.56 Å². The molecule has 0 radical (unpaired) electrons. The van der Waals surface area contributed by atoms with Crippen LogP contribution in [0.5, 0.6) is 0 Å². The van der Waals surface area contributed by atoms with Crippen LogP contribution in [-0.4, -0.2) is 36.6 Å². The number of amides is 1. The number of carbonyl (C=O) groups is 1. The molecule has 0 spiro atoms. The number of ether oxygens (including phenoxy) is 1. The van der Waals surface area contributed by atoms with Crippen LogP contribution in [-0.2, 0) is 10.1 Å². The van der Waals surface area contributed by atoms with Gasteiger partial charge in [0.15, 0.2) is 0 Å². The summed E-state index contributed by atoms with van der Waals surface area (Å²) in [6.45, 7) is 3.56. The SMILES string of the molecule is COC1(C)CCCN(C(=O)c2ccc(CBr)cc2)C1. The quantitative estimate of drug-likeness (QED) is 0.798. The number of nitrogens with zero attached hydrogens (tertiary/aromatic N) is 1. The van der Waals surface area contributed by atoms with Crippen LogP contribution in [0.1, 0.15) is 35.7 Å². The van der Waals surface area contributed by atoms with Gasteiger partial charge in [0, 0.05) is 31.1 Å². The van der Waals surface area contributed by atoms with Gasteiger partial charge in [0.25, 0.3) is 5.91 Å². The summed E-state index contributed by atoms with van der Waals surface area (Å²) in [5.41, 5.74) is 1.73. The Morgan fingerprint density at radius 1 is 1.42 bits per heavy atom. The summed E-state index contributed by atoms with van der Waals surface area (Å²) in [5.74, 6) is 0.101. The van der Waals surface area contributed by atoms with Crippen molar-refractivity contribution in [3.05, 3.63) is 35.4 Å². The molecule has 1 aromatic rings. The lowest BCUT2D eigenvalue weighted by molar-refractivity contribution is -0.0440. The fourth-order valence-corrected chi connectivity index (χ4v) is 2.84. The number of likely N-dealkylation sites (tertiary alicyclic amines) is 1. The largest absolute Gasteiger partial charge is 0.377 e. The normalized spacial score (nSPS) is 23.4. The number of rotatable bonds is 3. The van der Waals surface area contributed by atoms with Gasteiger partial charge in [-0.2, -0.15) is 0 Å². The molecule has 1 amide bonds. The summed E-state index contributed by atoms with van der Waals surface area (Å²) >= 11 is 3.41. The van der Waals surface area contributed by atoms with Crippen molar-refractivity contribution in [2.75, 3.05) is 20.2 Å². The smallest absolute Gasteiger partial charge is 0.253 e. The molecule has 0 aromatic heterocycles. The van der Waals surface area contributed by atoms with E-state index in [0.717, 1.165) is 30.3 Å². The highest BCUT2D eigenvalue weighted by Crippen LogP contribution is 2.25. The molecule has 0 saturated carbocycles. The van der Waals surface area contributed by atoms with Crippen LogP contribution in [0.3, 0.4) is 0 Å². The molecule has 1 aliphatic heterocycles. The van der Waals surface area contributed by atoms with E-state index in [4.69, 9.17) is 4.74 Å². The number of methoxy groups -OCH3 is 1. The molecule has 1 heterocycles. The molecule has 1 fully saturated rings. The first-order chi connectivity index (χ1) is 9.08. The summed E-state index contributed by atoms with van der Waals surface area (Å²) < 4.78 is 5.53. The third-order valence-electron chi connectivity index (χ3n) is 3.79. The summed E-state index contributed by atoms with van der Waals surface area (Å²) in [5, 5.41) is 0.812. The van der Waals surface area contributed by atoms with Crippen LogP contribution in [0.15, 0.2) is 24.3 Å². The number of halogens is 1. The van der Waals surface area contributed by atoms with Gasteiger partial charge >= 0.3 is 0 Å². The molecule has 4 heteroatoms. The van der Waals surface area contributed by atoms with E-state index in [9.17, 15) is 4.79 Å². The van der Waals surface area contributed by atoms with Crippen molar-refractivity contribution < 1.29 is 9.53 Å². The maximum Gasteiger partial charge on any atom is 0.253 e. The van der Waals surface area contributed by atoms with Gasteiger partial charge < -0.3 is 9.64 Å². The topological polar surface area (TPSA) is 29.5 Å². The standard InChI is InChI=1S/C15H20BrNO2/c1-15(19-2)8-3-9-17(11-15)14(18)13-6-4-12(10-16)5-7-13/h4-7H,3,8-11H2,1-2H3. The second-order valence-corrected chi connectivity index (χ2v) is 5.88. The maximum atomic E-state index is 12.5. The summed E-state index contributed by atoms with van der Waals surface area (Å²) in [6.07, 6.45) is 2.01. The van der Waals surface area contributed by atoms with Crippen molar-refractivity contribution in [3.8, 4) is 0 Å². The zero-order valence-electron chi connectivity index (χ0n) is 11.5. The van der Waals surface area contributed by atoms with E-state index < -0.39 is 0 Å². The Balaban J connectivity index is 2.10. The third-order valence-corrected chi connectivity index (χ3v) is 4.44. The van der Waals surface area contributed by atoms with Crippen molar-refractivity contribution in [2.24, 2.45) is 0 Å². The van der Waals surface area contributed by atoms with Gasteiger partial charge in [-0.1, -0.05) is 28.1 Å². The number of piperidine rings is 1. The monoisotopic (exact) mass is 325 g/mol. The molecule has 0 bridgehead atoms. The molecule has 19 heavy (non-hydrogen) atoms. The predicted octanol–water partition coefficient (Wildman–Crippen LogP) is 3.22. The molecule has 2 rings (SSSR count). The van der Waals surface area contributed by atoms with Gasteiger partial charge in [-0.3, -0.25) is 4.79 Å². The molecule has 1 atom stereocenters. The van der Waals surface area contributed by atoms with Gasteiger partial charge in [-0.15, -0.1) is 0 Å². The Morgan fingerprint density at radius 2 is 2.11 bits per heavy atom. The maximum absolute atomic E-state index is 12.5. The highest BCUT2D eigenvalue weighted by atomic mass is 79.9. The summed E-state index contributed by atoms with van der Waals surface area (Å²) in [4.78, 5) is 14.4. The highest BCUT2D eigenvalue weighted by molar-refractivity contribution is 9.08. The van der Waals surface area contributed by atoms with Crippen molar-refractivity contribution in [1.29, 1.82) is 0 Å². The van der Waals surface area contributed by atoms with Crippen molar-refractivity contribution >= 4 is 21.8 Å². The third kappa shape index (κ3) is 3.37. The Bertz CT molecular complexity index is 446. The molecule has 1 aromatic carbocycles. The molecular weight excluding hydrogens is 306 g/mol. The van der Waals surface area contributed by atoms with E-state index in [1.807, 2.05) is 29.2 Å². The molecule has 0 aliphatic carbocycles. The lowest BCUT2D eigenvalue weighted by Crippen LogP contribution is -2.49. The molecule has 1 saturated heterocycles. The minimum atomic E-state index is -0.205. The molecule has 104 valence electrons. The zero-order valence-corrected chi connectivity index (χ0v) is 13.1. The molecule has 0 N–H and O–H groups in total. The summed E-state index contributed by atoms with van der Waals surface area (Å²) in [6, 6.07) is 7.78.